The monoisotopic (exact) mass is 217 g/mol. The lowest BCUT2D eigenvalue weighted by Gasteiger charge is -2.12. The molecule has 1 aromatic carbocycles. The molecule has 0 aliphatic heterocycles. The maximum Gasteiger partial charge on any atom is 0.173 e. The Morgan fingerprint density at radius 2 is 2.21 bits per heavy atom. The van der Waals surface area contributed by atoms with Gasteiger partial charge in [0.25, 0.3) is 0 Å². The van der Waals surface area contributed by atoms with Gasteiger partial charge in [-0.25, -0.2) is 4.39 Å². The molecule has 1 aromatic rings. The van der Waals surface area contributed by atoms with Crippen molar-refractivity contribution in [2.45, 2.75) is 12.8 Å². The molecule has 0 fully saturated rings. The molecule has 1 rings (SSSR count). The first kappa shape index (κ1) is 11.3. The third-order valence-corrected chi connectivity index (χ3v) is 2.43. The SMILES string of the molecule is COc1c(F)cc(C(C)CN)cc1Cl. The lowest BCUT2D eigenvalue weighted by molar-refractivity contribution is 0.386. The van der Waals surface area contributed by atoms with Gasteiger partial charge in [0, 0.05) is 0 Å². The maximum absolute atomic E-state index is 13.4. The highest BCUT2D eigenvalue weighted by Crippen LogP contribution is 2.31. The van der Waals surface area contributed by atoms with Crippen molar-refractivity contribution in [2.24, 2.45) is 5.73 Å². The van der Waals surface area contributed by atoms with Crippen LogP contribution in [0.25, 0.3) is 0 Å². The van der Waals surface area contributed by atoms with E-state index < -0.39 is 5.82 Å². The van der Waals surface area contributed by atoms with Gasteiger partial charge < -0.3 is 10.5 Å². The number of hydrogen-bond acceptors (Lipinski definition) is 2. The summed E-state index contributed by atoms with van der Waals surface area (Å²) in [5.41, 5.74) is 6.27. The van der Waals surface area contributed by atoms with E-state index in [1.165, 1.54) is 13.2 Å². The van der Waals surface area contributed by atoms with Crippen LogP contribution in [-0.4, -0.2) is 13.7 Å². The van der Waals surface area contributed by atoms with Crippen LogP contribution in [0.3, 0.4) is 0 Å². The van der Waals surface area contributed by atoms with Crippen LogP contribution in [-0.2, 0) is 0 Å². The van der Waals surface area contributed by atoms with Crippen molar-refractivity contribution in [1.82, 2.24) is 0 Å². The Kier molecular flexibility index (Phi) is 3.72. The molecule has 78 valence electrons. The molecule has 0 aliphatic carbocycles. The Balaban J connectivity index is 3.13. The largest absolute Gasteiger partial charge is 0.492 e. The molecule has 0 aliphatic rings. The lowest BCUT2D eigenvalue weighted by atomic mass is 10.0. The number of hydrogen-bond donors (Lipinski definition) is 1. The third kappa shape index (κ3) is 2.16. The molecule has 4 heteroatoms. The minimum atomic E-state index is -0.449. The second-order valence-electron chi connectivity index (χ2n) is 3.15. The van der Waals surface area contributed by atoms with Gasteiger partial charge in [-0.2, -0.15) is 0 Å². The third-order valence-electron chi connectivity index (χ3n) is 2.15. The van der Waals surface area contributed by atoms with Crippen molar-refractivity contribution in [3.63, 3.8) is 0 Å². The van der Waals surface area contributed by atoms with Crippen molar-refractivity contribution >= 4 is 11.6 Å². The zero-order chi connectivity index (χ0) is 10.7. The Hall–Kier alpha value is -0.800. The van der Waals surface area contributed by atoms with E-state index in [2.05, 4.69) is 0 Å². The summed E-state index contributed by atoms with van der Waals surface area (Å²) >= 11 is 5.83. The number of benzene rings is 1. The highest BCUT2D eigenvalue weighted by atomic mass is 35.5. The van der Waals surface area contributed by atoms with Crippen LogP contribution in [0.4, 0.5) is 4.39 Å². The Morgan fingerprint density at radius 1 is 1.57 bits per heavy atom. The average molecular weight is 218 g/mol. The second-order valence-corrected chi connectivity index (χ2v) is 3.56. The Labute approximate surface area is 87.8 Å². The average Bonchev–Trinajstić information content (AvgIpc) is 2.16. The minimum Gasteiger partial charge on any atom is -0.492 e. The van der Waals surface area contributed by atoms with E-state index in [1.54, 1.807) is 6.07 Å². The van der Waals surface area contributed by atoms with E-state index in [0.29, 0.717) is 6.54 Å². The molecule has 0 bridgehead atoms. The summed E-state index contributed by atoms with van der Waals surface area (Å²) in [5.74, 6) is -0.275. The molecule has 0 saturated heterocycles. The van der Waals surface area contributed by atoms with Gasteiger partial charge >= 0.3 is 0 Å². The zero-order valence-corrected chi connectivity index (χ0v) is 8.94. The van der Waals surface area contributed by atoms with Gasteiger partial charge in [0.1, 0.15) is 0 Å². The summed E-state index contributed by atoms with van der Waals surface area (Å²) in [6.45, 7) is 2.37. The summed E-state index contributed by atoms with van der Waals surface area (Å²) in [5, 5.41) is 0.280. The van der Waals surface area contributed by atoms with E-state index >= 15 is 0 Å². The van der Waals surface area contributed by atoms with Crippen molar-refractivity contribution in [3.05, 3.63) is 28.5 Å². The lowest BCUT2D eigenvalue weighted by Crippen LogP contribution is -2.09. The van der Waals surface area contributed by atoms with Gasteiger partial charge in [-0.3, -0.25) is 0 Å². The highest BCUT2D eigenvalue weighted by molar-refractivity contribution is 6.32. The summed E-state index contributed by atoms with van der Waals surface area (Å²) in [4.78, 5) is 0. The number of ether oxygens (including phenoxy) is 1. The quantitative estimate of drug-likeness (QED) is 0.845. The van der Waals surface area contributed by atoms with Crippen LogP contribution in [0.15, 0.2) is 12.1 Å². The molecule has 2 N–H and O–H groups in total. The topological polar surface area (TPSA) is 35.2 Å². The first-order valence-electron chi connectivity index (χ1n) is 4.33. The Bertz CT molecular complexity index is 307. The van der Waals surface area contributed by atoms with Crippen LogP contribution in [0.1, 0.15) is 18.4 Å². The van der Waals surface area contributed by atoms with E-state index in [1.807, 2.05) is 6.92 Å². The predicted octanol–water partition coefficient (Wildman–Crippen LogP) is 2.55. The van der Waals surface area contributed by atoms with Gasteiger partial charge in [-0.15, -0.1) is 0 Å². The summed E-state index contributed by atoms with van der Waals surface area (Å²) in [6, 6.07) is 3.09. The molecule has 14 heavy (non-hydrogen) atoms. The Morgan fingerprint density at radius 3 is 2.64 bits per heavy atom. The molecule has 0 radical (unpaired) electrons. The molecule has 2 nitrogen and oxygen atoms in total. The number of nitrogens with two attached hydrogens (primary N) is 1. The van der Waals surface area contributed by atoms with Crippen molar-refractivity contribution in [2.75, 3.05) is 13.7 Å². The van der Waals surface area contributed by atoms with E-state index in [9.17, 15) is 4.39 Å². The minimum absolute atomic E-state index is 0.0830. The highest BCUT2D eigenvalue weighted by Gasteiger charge is 2.12. The van der Waals surface area contributed by atoms with Gasteiger partial charge in [0.2, 0.25) is 0 Å². The fraction of sp³-hybridized carbons (Fsp3) is 0.400. The molecule has 0 heterocycles. The van der Waals surface area contributed by atoms with E-state index in [4.69, 9.17) is 22.1 Å². The summed E-state index contributed by atoms with van der Waals surface area (Å²) in [6.07, 6.45) is 0. The van der Waals surface area contributed by atoms with Crippen LogP contribution in [0.5, 0.6) is 5.75 Å². The smallest absolute Gasteiger partial charge is 0.173 e. The fourth-order valence-corrected chi connectivity index (χ4v) is 1.49. The van der Waals surface area contributed by atoms with Crippen LogP contribution >= 0.6 is 11.6 Å². The van der Waals surface area contributed by atoms with Gasteiger partial charge in [0.15, 0.2) is 11.6 Å². The normalized spacial score (nSPS) is 12.6. The van der Waals surface area contributed by atoms with Crippen molar-refractivity contribution in [3.8, 4) is 5.75 Å². The molecular formula is C10H13ClFNO. The molecule has 0 aromatic heterocycles. The second kappa shape index (κ2) is 4.62. The number of halogens is 2. The fourth-order valence-electron chi connectivity index (χ4n) is 1.20. The predicted molar refractivity (Wildman–Crippen MR) is 55.4 cm³/mol. The maximum atomic E-state index is 13.4. The molecule has 1 atom stereocenters. The molecule has 0 amide bonds. The van der Waals surface area contributed by atoms with Crippen LogP contribution in [0.2, 0.25) is 5.02 Å². The number of rotatable bonds is 3. The standard InChI is InChI=1S/C10H13ClFNO/c1-6(5-13)7-3-8(11)10(14-2)9(12)4-7/h3-4,6H,5,13H2,1-2H3. The van der Waals surface area contributed by atoms with E-state index in [-0.39, 0.29) is 16.7 Å². The number of methoxy groups -OCH3 is 1. The molecule has 0 spiro atoms. The summed E-state index contributed by atoms with van der Waals surface area (Å²) < 4.78 is 18.2. The summed E-state index contributed by atoms with van der Waals surface area (Å²) in [7, 11) is 1.39. The van der Waals surface area contributed by atoms with E-state index in [0.717, 1.165) is 5.56 Å². The van der Waals surface area contributed by atoms with Gasteiger partial charge in [-0.05, 0) is 30.2 Å². The van der Waals surface area contributed by atoms with Gasteiger partial charge in [-0.1, -0.05) is 18.5 Å². The molecular weight excluding hydrogens is 205 g/mol. The van der Waals surface area contributed by atoms with Crippen molar-refractivity contribution in [1.29, 1.82) is 0 Å². The first-order chi connectivity index (χ1) is 6.60. The van der Waals surface area contributed by atoms with Crippen molar-refractivity contribution < 1.29 is 9.13 Å². The van der Waals surface area contributed by atoms with Crippen LogP contribution < -0.4 is 10.5 Å². The van der Waals surface area contributed by atoms with Crippen LogP contribution in [0, 0.1) is 5.82 Å². The first-order valence-corrected chi connectivity index (χ1v) is 4.71. The van der Waals surface area contributed by atoms with Gasteiger partial charge in [0.05, 0.1) is 12.1 Å². The molecule has 1 unspecified atom stereocenters. The molecule has 0 saturated carbocycles. The zero-order valence-electron chi connectivity index (χ0n) is 8.18.